The van der Waals surface area contributed by atoms with Crippen LogP contribution in [-0.4, -0.2) is 0 Å². The van der Waals surface area contributed by atoms with Crippen LogP contribution >= 0.6 is 23.2 Å². The molecule has 0 saturated carbocycles. The van der Waals surface area contributed by atoms with Crippen LogP contribution in [0.3, 0.4) is 0 Å². The van der Waals surface area contributed by atoms with Crippen molar-refractivity contribution in [3.05, 3.63) is 69.7 Å². The maximum atomic E-state index is 6.02. The van der Waals surface area contributed by atoms with Crippen molar-refractivity contribution < 1.29 is 0 Å². The quantitative estimate of drug-likeness (QED) is 0.643. The minimum absolute atomic E-state index is 0.0383. The summed E-state index contributed by atoms with van der Waals surface area (Å²) in [5.41, 5.74) is 5.12. The fourth-order valence-electron chi connectivity index (χ4n) is 2.08. The summed E-state index contributed by atoms with van der Waals surface area (Å²) in [5, 5.41) is 1.25. The van der Waals surface area contributed by atoms with Crippen molar-refractivity contribution in [2.45, 2.75) is 18.9 Å². The molecule has 2 nitrogen and oxygen atoms in total. The molecule has 0 bridgehead atoms. The first-order valence-electron chi connectivity index (χ1n) is 6.15. The molecule has 19 heavy (non-hydrogen) atoms. The summed E-state index contributed by atoms with van der Waals surface area (Å²) in [7, 11) is 0. The molecule has 3 N–H and O–H groups in total. The minimum Gasteiger partial charge on any atom is -0.271 e. The van der Waals surface area contributed by atoms with Gasteiger partial charge < -0.3 is 0 Å². The molecule has 0 aliphatic rings. The van der Waals surface area contributed by atoms with Crippen LogP contribution in [0.15, 0.2) is 48.5 Å². The first-order chi connectivity index (χ1) is 9.19. The average Bonchev–Trinajstić information content (AvgIpc) is 2.39. The van der Waals surface area contributed by atoms with Crippen LogP contribution in [0.5, 0.6) is 0 Å². The third-order valence-corrected chi connectivity index (χ3v) is 3.49. The van der Waals surface area contributed by atoms with Crippen molar-refractivity contribution in [2.24, 2.45) is 5.84 Å². The van der Waals surface area contributed by atoms with Crippen LogP contribution < -0.4 is 11.3 Å². The van der Waals surface area contributed by atoms with Gasteiger partial charge in [0.05, 0.1) is 0 Å². The van der Waals surface area contributed by atoms with E-state index in [9.17, 15) is 0 Å². The Morgan fingerprint density at radius 3 is 2.21 bits per heavy atom. The van der Waals surface area contributed by atoms with Crippen molar-refractivity contribution in [1.29, 1.82) is 0 Å². The highest BCUT2D eigenvalue weighted by Crippen LogP contribution is 2.25. The van der Waals surface area contributed by atoms with E-state index >= 15 is 0 Å². The van der Waals surface area contributed by atoms with Gasteiger partial charge in [0.15, 0.2) is 0 Å². The molecule has 0 fully saturated rings. The molecule has 0 aliphatic carbocycles. The zero-order chi connectivity index (χ0) is 13.7. The molecule has 1 unspecified atom stereocenters. The molecule has 4 heteroatoms. The van der Waals surface area contributed by atoms with Gasteiger partial charge in [-0.2, -0.15) is 0 Å². The number of benzene rings is 2. The number of nitrogens with one attached hydrogen (secondary N) is 1. The molecule has 0 amide bonds. The van der Waals surface area contributed by atoms with Crippen molar-refractivity contribution in [1.82, 2.24) is 5.43 Å². The fourth-order valence-corrected chi connectivity index (χ4v) is 2.62. The highest BCUT2D eigenvalue weighted by molar-refractivity contribution is 6.34. The summed E-state index contributed by atoms with van der Waals surface area (Å²) in [5.74, 6) is 5.63. The molecule has 0 spiro atoms. The van der Waals surface area contributed by atoms with Crippen LogP contribution in [0, 0.1) is 0 Å². The van der Waals surface area contributed by atoms with Gasteiger partial charge in [-0.1, -0.05) is 53.5 Å². The summed E-state index contributed by atoms with van der Waals surface area (Å²) < 4.78 is 0. The number of rotatable bonds is 5. The third kappa shape index (κ3) is 4.22. The van der Waals surface area contributed by atoms with Gasteiger partial charge in [-0.25, -0.2) is 0 Å². The molecule has 2 rings (SSSR count). The van der Waals surface area contributed by atoms with E-state index in [0.29, 0.717) is 10.0 Å². The molecule has 2 aromatic carbocycles. The Bertz CT molecular complexity index is 509. The van der Waals surface area contributed by atoms with Gasteiger partial charge in [-0.3, -0.25) is 11.3 Å². The van der Waals surface area contributed by atoms with E-state index in [-0.39, 0.29) is 6.04 Å². The molecule has 0 radical (unpaired) electrons. The normalized spacial score (nSPS) is 12.4. The van der Waals surface area contributed by atoms with Crippen molar-refractivity contribution >= 4 is 23.2 Å². The summed E-state index contributed by atoms with van der Waals surface area (Å²) in [4.78, 5) is 0. The number of nitrogens with two attached hydrogens (primary N) is 1. The monoisotopic (exact) mass is 294 g/mol. The second kappa shape index (κ2) is 6.92. The molecule has 0 aliphatic heterocycles. The first-order valence-corrected chi connectivity index (χ1v) is 6.90. The number of aryl methyl sites for hydroxylation is 1. The van der Waals surface area contributed by atoms with Crippen LogP contribution in [0.25, 0.3) is 0 Å². The van der Waals surface area contributed by atoms with Gasteiger partial charge in [0.25, 0.3) is 0 Å². The lowest BCUT2D eigenvalue weighted by atomic mass is 9.99. The summed E-state index contributed by atoms with van der Waals surface area (Å²) >= 11 is 12.0. The van der Waals surface area contributed by atoms with Crippen molar-refractivity contribution in [3.63, 3.8) is 0 Å². The smallest absolute Gasteiger partial charge is 0.0464 e. The van der Waals surface area contributed by atoms with Crippen molar-refractivity contribution in [2.75, 3.05) is 0 Å². The fraction of sp³-hybridized carbons (Fsp3) is 0.200. The van der Waals surface area contributed by atoms with Gasteiger partial charge in [0.1, 0.15) is 0 Å². The van der Waals surface area contributed by atoms with Crippen LogP contribution in [-0.2, 0) is 6.42 Å². The standard InChI is InChI=1S/C15H16Cl2N2/c16-13-8-12(9-14(17)10-13)15(19-18)7-6-11-4-2-1-3-5-11/h1-5,8-10,15,19H,6-7,18H2. The molecule has 0 aromatic heterocycles. The lowest BCUT2D eigenvalue weighted by molar-refractivity contribution is 0.516. The molecule has 0 heterocycles. The Hall–Kier alpha value is -1.06. The minimum atomic E-state index is 0.0383. The highest BCUT2D eigenvalue weighted by Gasteiger charge is 2.11. The summed E-state index contributed by atoms with van der Waals surface area (Å²) in [6.45, 7) is 0. The number of hydrazine groups is 1. The van der Waals surface area contributed by atoms with E-state index in [4.69, 9.17) is 29.0 Å². The van der Waals surface area contributed by atoms with E-state index in [1.54, 1.807) is 6.07 Å². The Labute approximate surface area is 123 Å². The number of hydrogen-bond acceptors (Lipinski definition) is 2. The van der Waals surface area contributed by atoms with E-state index in [1.807, 2.05) is 30.3 Å². The van der Waals surface area contributed by atoms with E-state index in [2.05, 4.69) is 17.6 Å². The number of halogens is 2. The van der Waals surface area contributed by atoms with E-state index in [1.165, 1.54) is 5.56 Å². The van der Waals surface area contributed by atoms with Gasteiger partial charge in [-0.05, 0) is 42.2 Å². The summed E-state index contributed by atoms with van der Waals surface area (Å²) in [6.07, 6.45) is 1.83. The zero-order valence-corrected chi connectivity index (χ0v) is 12.0. The van der Waals surface area contributed by atoms with Crippen LogP contribution in [0.2, 0.25) is 10.0 Å². The van der Waals surface area contributed by atoms with Gasteiger partial charge in [0.2, 0.25) is 0 Å². The zero-order valence-electron chi connectivity index (χ0n) is 10.4. The Morgan fingerprint density at radius 2 is 1.63 bits per heavy atom. The van der Waals surface area contributed by atoms with Gasteiger partial charge in [-0.15, -0.1) is 0 Å². The number of hydrogen-bond donors (Lipinski definition) is 2. The predicted molar refractivity (Wildman–Crippen MR) is 81.3 cm³/mol. The van der Waals surface area contributed by atoms with E-state index < -0.39 is 0 Å². The first kappa shape index (κ1) is 14.4. The highest BCUT2D eigenvalue weighted by atomic mass is 35.5. The van der Waals surface area contributed by atoms with Gasteiger partial charge in [0, 0.05) is 16.1 Å². The lowest BCUT2D eigenvalue weighted by Gasteiger charge is -2.17. The van der Waals surface area contributed by atoms with Crippen LogP contribution in [0.4, 0.5) is 0 Å². The van der Waals surface area contributed by atoms with Crippen molar-refractivity contribution in [3.8, 4) is 0 Å². The Balaban J connectivity index is 2.07. The third-order valence-electron chi connectivity index (χ3n) is 3.05. The molecule has 0 saturated heterocycles. The molecule has 100 valence electrons. The SMILES string of the molecule is NNC(CCc1ccccc1)c1cc(Cl)cc(Cl)c1. The average molecular weight is 295 g/mol. The maximum Gasteiger partial charge on any atom is 0.0464 e. The van der Waals surface area contributed by atoms with E-state index in [0.717, 1.165) is 18.4 Å². The second-order valence-corrected chi connectivity index (χ2v) is 5.32. The van der Waals surface area contributed by atoms with Gasteiger partial charge >= 0.3 is 0 Å². The predicted octanol–water partition coefficient (Wildman–Crippen LogP) is 4.13. The largest absolute Gasteiger partial charge is 0.271 e. The topological polar surface area (TPSA) is 38.0 Å². The molecular formula is C15H16Cl2N2. The lowest BCUT2D eigenvalue weighted by Crippen LogP contribution is -2.28. The van der Waals surface area contributed by atoms with Crippen LogP contribution in [0.1, 0.15) is 23.6 Å². The second-order valence-electron chi connectivity index (χ2n) is 4.45. The molecule has 1 atom stereocenters. The summed E-state index contributed by atoms with van der Waals surface area (Å²) in [6, 6.07) is 15.9. The molecule has 2 aromatic rings. The maximum absolute atomic E-state index is 6.02. The molecular weight excluding hydrogens is 279 g/mol. The Kier molecular flexibility index (Phi) is 5.23. The Morgan fingerprint density at radius 1 is 1.00 bits per heavy atom.